The van der Waals surface area contributed by atoms with Crippen LogP contribution in [0.15, 0.2) is 35.3 Å². The number of aromatic nitrogens is 1. The summed E-state index contributed by atoms with van der Waals surface area (Å²) in [5.41, 5.74) is 5.58. The van der Waals surface area contributed by atoms with Gasteiger partial charge in [0, 0.05) is 30.6 Å². The first-order chi connectivity index (χ1) is 12.1. The fraction of sp³-hybridized carbons (Fsp3) is 0.450. The van der Waals surface area contributed by atoms with Crippen molar-refractivity contribution in [2.45, 2.75) is 25.7 Å². The highest BCUT2D eigenvalue weighted by Crippen LogP contribution is 2.44. The van der Waals surface area contributed by atoms with Crippen LogP contribution in [0.5, 0.6) is 5.75 Å². The molecule has 1 N–H and O–H groups in total. The van der Waals surface area contributed by atoms with Gasteiger partial charge in [-0.3, -0.25) is 0 Å². The van der Waals surface area contributed by atoms with Crippen LogP contribution < -0.4 is 4.74 Å². The Balaban J connectivity index is 1.91. The van der Waals surface area contributed by atoms with Crippen LogP contribution in [0.1, 0.15) is 35.4 Å². The van der Waals surface area contributed by atoms with E-state index in [1.165, 1.54) is 27.3 Å². The molecule has 0 amide bonds. The lowest BCUT2D eigenvalue weighted by molar-refractivity contribution is 0.222. The van der Waals surface area contributed by atoms with E-state index in [0.717, 1.165) is 25.1 Å². The molecule has 1 heterocycles. The molecular formula is C20H26N2O2S. The molecule has 1 unspecified atom stereocenters. The van der Waals surface area contributed by atoms with Crippen molar-refractivity contribution in [1.29, 1.82) is 0 Å². The average Bonchev–Trinajstić information content (AvgIpc) is 3.26. The molecule has 1 aliphatic rings. The summed E-state index contributed by atoms with van der Waals surface area (Å²) in [6, 6.07) is 6.40. The fourth-order valence-corrected chi connectivity index (χ4v) is 4.27. The molecule has 1 aromatic heterocycles. The molecule has 1 aromatic carbocycles. The normalized spacial score (nSPS) is 14.9. The average molecular weight is 359 g/mol. The molecule has 25 heavy (non-hydrogen) atoms. The lowest BCUT2D eigenvalue weighted by Gasteiger charge is -2.18. The Morgan fingerprint density at radius 2 is 2.20 bits per heavy atom. The number of benzene rings is 1. The topological polar surface area (TPSA) is 45.6 Å². The number of fused-ring (bicyclic) bond motifs is 1. The van der Waals surface area contributed by atoms with Crippen molar-refractivity contribution in [2.75, 3.05) is 33.9 Å². The maximum absolute atomic E-state index is 9.12. The van der Waals surface area contributed by atoms with E-state index in [9.17, 15) is 0 Å². The van der Waals surface area contributed by atoms with Crippen molar-refractivity contribution in [1.82, 2.24) is 9.88 Å². The molecule has 0 bridgehead atoms. The Morgan fingerprint density at radius 1 is 1.36 bits per heavy atom. The highest BCUT2D eigenvalue weighted by Gasteiger charge is 2.27. The third-order valence-corrected chi connectivity index (χ3v) is 5.88. The van der Waals surface area contributed by atoms with Gasteiger partial charge in [0.1, 0.15) is 5.75 Å². The zero-order chi connectivity index (χ0) is 17.8. The molecule has 0 aliphatic heterocycles. The Morgan fingerprint density at radius 3 is 2.88 bits per heavy atom. The van der Waals surface area contributed by atoms with Gasteiger partial charge in [-0.15, -0.1) is 11.3 Å². The summed E-state index contributed by atoms with van der Waals surface area (Å²) in [4.78, 5) is 6.73. The summed E-state index contributed by atoms with van der Waals surface area (Å²) in [6.07, 6.45) is 3.87. The molecule has 5 heteroatoms. The second-order valence-corrected chi connectivity index (χ2v) is 7.51. The van der Waals surface area contributed by atoms with Crippen molar-refractivity contribution < 1.29 is 9.84 Å². The molecule has 1 aliphatic carbocycles. The van der Waals surface area contributed by atoms with E-state index in [-0.39, 0.29) is 6.61 Å². The molecule has 1 atom stereocenters. The minimum Gasteiger partial charge on any atom is -0.497 e. The molecular weight excluding hydrogens is 332 g/mol. The van der Waals surface area contributed by atoms with Crippen LogP contribution in [0.25, 0.3) is 5.57 Å². The van der Waals surface area contributed by atoms with Crippen LogP contribution in [0.4, 0.5) is 0 Å². The van der Waals surface area contributed by atoms with Crippen LogP contribution in [-0.4, -0.2) is 48.8 Å². The third kappa shape index (κ3) is 3.94. The fourth-order valence-electron chi connectivity index (χ4n) is 3.56. The van der Waals surface area contributed by atoms with Crippen LogP contribution >= 0.6 is 11.3 Å². The lowest BCUT2D eigenvalue weighted by atomic mass is 9.92. The van der Waals surface area contributed by atoms with E-state index in [2.05, 4.69) is 36.0 Å². The number of likely N-dealkylation sites (N-methyl/N-ethyl adjacent to an activating group) is 1. The zero-order valence-electron chi connectivity index (χ0n) is 15.2. The summed E-state index contributed by atoms with van der Waals surface area (Å²) < 4.78 is 5.41. The Hall–Kier alpha value is -1.69. The SMILES string of the molecule is COc1ccc2c(c1)CC(CCN(C)CCO)=C2C(C)c1nccs1. The molecule has 3 rings (SSSR count). The van der Waals surface area contributed by atoms with E-state index < -0.39 is 0 Å². The van der Waals surface area contributed by atoms with Crippen molar-refractivity contribution in [3.63, 3.8) is 0 Å². The maximum atomic E-state index is 9.12. The number of nitrogens with zero attached hydrogens (tertiary/aromatic N) is 2. The number of aliphatic hydroxyl groups is 1. The van der Waals surface area contributed by atoms with Gasteiger partial charge in [0.05, 0.1) is 18.7 Å². The number of aliphatic hydroxyl groups excluding tert-OH is 1. The zero-order valence-corrected chi connectivity index (χ0v) is 16.0. The van der Waals surface area contributed by atoms with E-state index in [1.54, 1.807) is 18.4 Å². The quantitative estimate of drug-likeness (QED) is 0.783. The third-order valence-electron chi connectivity index (χ3n) is 4.92. The van der Waals surface area contributed by atoms with Gasteiger partial charge in [-0.1, -0.05) is 18.6 Å². The van der Waals surface area contributed by atoms with Gasteiger partial charge < -0.3 is 14.7 Å². The highest BCUT2D eigenvalue weighted by molar-refractivity contribution is 7.09. The van der Waals surface area contributed by atoms with Crippen molar-refractivity contribution in [3.8, 4) is 5.75 Å². The number of methoxy groups -OCH3 is 1. The highest BCUT2D eigenvalue weighted by atomic mass is 32.1. The lowest BCUT2D eigenvalue weighted by Crippen LogP contribution is -2.23. The van der Waals surface area contributed by atoms with E-state index >= 15 is 0 Å². The predicted molar refractivity (Wildman–Crippen MR) is 103 cm³/mol. The predicted octanol–water partition coefficient (Wildman–Crippen LogP) is 3.58. The smallest absolute Gasteiger partial charge is 0.119 e. The Labute approximate surface area is 153 Å². The van der Waals surface area contributed by atoms with Crippen molar-refractivity contribution >= 4 is 16.9 Å². The molecule has 134 valence electrons. The van der Waals surface area contributed by atoms with Crippen LogP contribution in [-0.2, 0) is 6.42 Å². The molecule has 0 fully saturated rings. The standard InChI is InChI=1S/C20H26N2O2S/c1-14(20-21-7-11-25-20)19-15(6-8-22(2)9-10-23)12-16-13-17(24-3)4-5-18(16)19/h4-5,7,11,13-14,23H,6,8-10,12H2,1-3H3. The van der Waals surface area contributed by atoms with Gasteiger partial charge >= 0.3 is 0 Å². The Kier molecular flexibility index (Phi) is 5.89. The first kappa shape index (κ1) is 18.1. The summed E-state index contributed by atoms with van der Waals surface area (Å²) in [7, 11) is 3.78. The Bertz CT molecular complexity index is 740. The first-order valence-corrected chi connectivity index (χ1v) is 9.60. The van der Waals surface area contributed by atoms with Crippen LogP contribution in [0.2, 0.25) is 0 Å². The van der Waals surface area contributed by atoms with Crippen LogP contribution in [0.3, 0.4) is 0 Å². The molecule has 2 aromatic rings. The number of allylic oxidation sites excluding steroid dienone is 1. The minimum absolute atomic E-state index is 0.204. The van der Waals surface area contributed by atoms with E-state index in [0.29, 0.717) is 12.5 Å². The van der Waals surface area contributed by atoms with Gasteiger partial charge in [0.15, 0.2) is 0 Å². The monoisotopic (exact) mass is 358 g/mol. The minimum atomic E-state index is 0.204. The van der Waals surface area contributed by atoms with Crippen LogP contribution in [0, 0.1) is 0 Å². The number of ether oxygens (including phenoxy) is 1. The summed E-state index contributed by atoms with van der Waals surface area (Å²) in [5.74, 6) is 1.21. The van der Waals surface area contributed by atoms with E-state index in [4.69, 9.17) is 9.84 Å². The van der Waals surface area contributed by atoms with Gasteiger partial charge in [-0.2, -0.15) is 0 Å². The second-order valence-electron chi connectivity index (χ2n) is 6.59. The van der Waals surface area contributed by atoms with Gasteiger partial charge in [0.2, 0.25) is 0 Å². The van der Waals surface area contributed by atoms with Crippen molar-refractivity contribution in [3.05, 3.63) is 51.5 Å². The number of hydrogen-bond donors (Lipinski definition) is 1. The number of hydrogen-bond acceptors (Lipinski definition) is 5. The molecule has 0 saturated heterocycles. The van der Waals surface area contributed by atoms with Crippen molar-refractivity contribution in [2.24, 2.45) is 0 Å². The summed E-state index contributed by atoms with van der Waals surface area (Å²) in [5, 5.41) is 12.3. The number of thiazole rings is 1. The number of rotatable bonds is 8. The summed E-state index contributed by atoms with van der Waals surface area (Å²) >= 11 is 1.72. The molecule has 4 nitrogen and oxygen atoms in total. The largest absolute Gasteiger partial charge is 0.497 e. The second kappa shape index (κ2) is 8.13. The maximum Gasteiger partial charge on any atom is 0.119 e. The van der Waals surface area contributed by atoms with Gasteiger partial charge in [0.25, 0.3) is 0 Å². The van der Waals surface area contributed by atoms with Gasteiger partial charge in [-0.05, 0) is 48.7 Å². The molecule has 0 saturated carbocycles. The molecule has 0 spiro atoms. The summed E-state index contributed by atoms with van der Waals surface area (Å²) in [6.45, 7) is 4.13. The first-order valence-electron chi connectivity index (χ1n) is 8.72. The van der Waals surface area contributed by atoms with E-state index in [1.807, 2.05) is 17.6 Å². The van der Waals surface area contributed by atoms with Gasteiger partial charge in [-0.25, -0.2) is 4.98 Å². The molecule has 0 radical (unpaired) electrons.